The number of carbonyl (C=O) groups is 1. The highest BCUT2D eigenvalue weighted by molar-refractivity contribution is 7.13. The number of aryl methyl sites for hydroxylation is 1. The average Bonchev–Trinajstić information content (AvgIpc) is 3.35. The van der Waals surface area contributed by atoms with Gasteiger partial charge in [0.05, 0.1) is 17.7 Å². The highest BCUT2D eigenvalue weighted by Gasteiger charge is 2.38. The Balaban J connectivity index is 1.83. The molecule has 0 aliphatic carbocycles. The van der Waals surface area contributed by atoms with E-state index >= 15 is 0 Å². The lowest BCUT2D eigenvalue weighted by atomic mass is 9.93. The second-order valence-electron chi connectivity index (χ2n) is 9.60. The molecule has 0 saturated carbocycles. The maximum atomic E-state index is 13.9. The largest absolute Gasteiger partial charge is 0.490 e. The number of nitro benzene ring substituents is 1. The summed E-state index contributed by atoms with van der Waals surface area (Å²) in [5.41, 5.74) is 5.26. The molecule has 4 heterocycles. The Labute approximate surface area is 196 Å². The molecule has 0 fully saturated rings. The summed E-state index contributed by atoms with van der Waals surface area (Å²) < 4.78 is 7.44. The number of hydrogen-bond donors (Lipinski definition) is 0. The van der Waals surface area contributed by atoms with Crippen LogP contribution in [0.25, 0.3) is 21.7 Å². The Kier molecular flexibility index (Phi) is 5.08. The van der Waals surface area contributed by atoms with Crippen LogP contribution in [-0.4, -0.2) is 39.5 Å². The van der Waals surface area contributed by atoms with Crippen molar-refractivity contribution in [3.8, 4) is 27.4 Å². The predicted octanol–water partition coefficient (Wildman–Crippen LogP) is 5.54. The van der Waals surface area contributed by atoms with Crippen molar-refractivity contribution in [1.29, 1.82) is 0 Å². The van der Waals surface area contributed by atoms with Crippen molar-refractivity contribution in [2.45, 2.75) is 52.1 Å². The highest BCUT2D eigenvalue weighted by atomic mass is 32.1. The van der Waals surface area contributed by atoms with Crippen LogP contribution in [0.1, 0.15) is 48.8 Å². The molecule has 1 amide bonds. The minimum Gasteiger partial charge on any atom is -0.490 e. The fourth-order valence-corrected chi connectivity index (χ4v) is 6.01. The van der Waals surface area contributed by atoms with Gasteiger partial charge in [0.1, 0.15) is 5.69 Å². The maximum Gasteiger partial charge on any atom is 0.311 e. The predicted molar refractivity (Wildman–Crippen MR) is 129 cm³/mol. The van der Waals surface area contributed by atoms with E-state index in [4.69, 9.17) is 4.74 Å². The van der Waals surface area contributed by atoms with Gasteiger partial charge in [-0.1, -0.05) is 6.07 Å². The SMILES string of the molecule is COc1cc2c(cc1[N+](=O)[O-])-c1c(-c3cccs3)c3c(n1CC2)C(=O)N(C(C)(C)C)CCC3. The van der Waals surface area contributed by atoms with Crippen molar-refractivity contribution in [2.24, 2.45) is 0 Å². The van der Waals surface area contributed by atoms with Crippen LogP contribution in [-0.2, 0) is 19.4 Å². The molecule has 0 saturated heterocycles. The number of ether oxygens (including phenoxy) is 1. The van der Waals surface area contributed by atoms with E-state index in [1.165, 1.54) is 7.11 Å². The molecule has 2 aromatic heterocycles. The van der Waals surface area contributed by atoms with Crippen molar-refractivity contribution in [3.63, 3.8) is 0 Å². The zero-order valence-electron chi connectivity index (χ0n) is 19.3. The molecule has 0 atom stereocenters. The molecule has 2 aliphatic heterocycles. The van der Waals surface area contributed by atoms with Crippen LogP contribution in [0.2, 0.25) is 0 Å². The van der Waals surface area contributed by atoms with Gasteiger partial charge in [-0.15, -0.1) is 11.3 Å². The van der Waals surface area contributed by atoms with Crippen LogP contribution in [0, 0.1) is 10.1 Å². The third-order valence-corrected chi connectivity index (χ3v) is 7.55. The van der Waals surface area contributed by atoms with Crippen molar-refractivity contribution in [3.05, 3.63) is 56.6 Å². The highest BCUT2D eigenvalue weighted by Crippen LogP contribution is 2.48. The molecule has 8 heteroatoms. The van der Waals surface area contributed by atoms with Gasteiger partial charge in [-0.05, 0) is 68.7 Å². The molecule has 172 valence electrons. The Morgan fingerprint density at radius 2 is 1.94 bits per heavy atom. The van der Waals surface area contributed by atoms with Gasteiger partial charge < -0.3 is 14.2 Å². The summed E-state index contributed by atoms with van der Waals surface area (Å²) >= 11 is 1.64. The summed E-state index contributed by atoms with van der Waals surface area (Å²) in [6, 6.07) is 7.50. The van der Waals surface area contributed by atoms with Crippen LogP contribution in [0.15, 0.2) is 29.6 Å². The number of benzene rings is 1. The lowest BCUT2D eigenvalue weighted by molar-refractivity contribution is -0.385. The molecule has 2 aliphatic rings. The first kappa shape index (κ1) is 21.7. The first-order chi connectivity index (χ1) is 15.7. The topological polar surface area (TPSA) is 77.6 Å². The lowest BCUT2D eigenvalue weighted by Crippen LogP contribution is -2.46. The van der Waals surface area contributed by atoms with Gasteiger partial charge in [0.25, 0.3) is 5.91 Å². The van der Waals surface area contributed by atoms with Crippen LogP contribution in [0.5, 0.6) is 5.75 Å². The number of amides is 1. The summed E-state index contributed by atoms with van der Waals surface area (Å²) in [7, 11) is 1.46. The molecular formula is C25H27N3O4S. The zero-order chi connectivity index (χ0) is 23.5. The molecule has 7 nitrogen and oxygen atoms in total. The minimum absolute atomic E-state index is 0.0468. The van der Waals surface area contributed by atoms with E-state index in [0.717, 1.165) is 57.9 Å². The number of methoxy groups -OCH3 is 1. The number of hydrogen-bond acceptors (Lipinski definition) is 5. The van der Waals surface area contributed by atoms with E-state index in [1.807, 2.05) is 16.3 Å². The Hall–Kier alpha value is -3.13. The van der Waals surface area contributed by atoms with E-state index in [-0.39, 0.29) is 22.9 Å². The number of carbonyl (C=O) groups excluding carboxylic acids is 1. The normalized spacial score (nSPS) is 15.5. The first-order valence-electron chi connectivity index (χ1n) is 11.2. The fraction of sp³-hybridized carbons (Fsp3) is 0.400. The van der Waals surface area contributed by atoms with E-state index in [0.29, 0.717) is 13.0 Å². The first-order valence-corrected chi connectivity index (χ1v) is 12.1. The van der Waals surface area contributed by atoms with E-state index in [2.05, 4.69) is 31.4 Å². The summed E-state index contributed by atoms with van der Waals surface area (Å²) in [6.07, 6.45) is 2.37. The van der Waals surface area contributed by atoms with Gasteiger partial charge in [0.2, 0.25) is 0 Å². The Morgan fingerprint density at radius 3 is 2.58 bits per heavy atom. The van der Waals surface area contributed by atoms with Crippen molar-refractivity contribution < 1.29 is 14.5 Å². The third kappa shape index (κ3) is 3.35. The van der Waals surface area contributed by atoms with Gasteiger partial charge in [-0.2, -0.15) is 0 Å². The molecule has 0 bridgehead atoms. The number of thiophene rings is 1. The second kappa shape index (κ2) is 7.73. The van der Waals surface area contributed by atoms with Crippen LogP contribution >= 0.6 is 11.3 Å². The summed E-state index contributed by atoms with van der Waals surface area (Å²) in [6.45, 7) is 7.58. The minimum atomic E-state index is -0.400. The van der Waals surface area contributed by atoms with E-state index < -0.39 is 4.92 Å². The van der Waals surface area contributed by atoms with Gasteiger partial charge in [0, 0.05) is 40.7 Å². The second-order valence-corrected chi connectivity index (χ2v) is 10.5. The third-order valence-electron chi connectivity index (χ3n) is 6.66. The smallest absolute Gasteiger partial charge is 0.311 e. The van der Waals surface area contributed by atoms with Crippen LogP contribution < -0.4 is 4.74 Å². The monoisotopic (exact) mass is 465 g/mol. The standard InChI is InChI=1S/C25H27N3O4S/c1-25(2,3)27-10-5-7-16-21(20-8-6-12-33-20)22-17-14-18(28(30)31)19(32-4)13-15(17)9-11-26(22)23(16)24(27)29/h6,8,12-14H,5,7,9-11H2,1-4H3. The quantitative estimate of drug-likeness (QED) is 0.376. The molecule has 3 aromatic rings. The molecular weight excluding hydrogens is 438 g/mol. The molecule has 0 radical (unpaired) electrons. The van der Waals surface area contributed by atoms with Crippen LogP contribution in [0.4, 0.5) is 5.69 Å². The number of nitrogens with zero attached hydrogens (tertiary/aromatic N) is 3. The number of rotatable bonds is 3. The summed E-state index contributed by atoms with van der Waals surface area (Å²) in [4.78, 5) is 28.4. The average molecular weight is 466 g/mol. The van der Waals surface area contributed by atoms with Crippen molar-refractivity contribution in [2.75, 3.05) is 13.7 Å². The fourth-order valence-electron chi connectivity index (χ4n) is 5.21. The van der Waals surface area contributed by atoms with Crippen molar-refractivity contribution in [1.82, 2.24) is 9.47 Å². The number of aromatic nitrogens is 1. The molecule has 0 N–H and O–H groups in total. The maximum absolute atomic E-state index is 13.9. The molecule has 5 rings (SSSR count). The van der Waals surface area contributed by atoms with Gasteiger partial charge in [0.15, 0.2) is 5.75 Å². The molecule has 0 spiro atoms. The zero-order valence-corrected chi connectivity index (χ0v) is 20.1. The number of fused-ring (bicyclic) bond motifs is 5. The Morgan fingerprint density at radius 1 is 1.15 bits per heavy atom. The molecule has 1 aromatic carbocycles. The number of nitro groups is 1. The Bertz CT molecular complexity index is 1270. The summed E-state index contributed by atoms with van der Waals surface area (Å²) in [5.74, 6) is 0.318. The van der Waals surface area contributed by atoms with Crippen molar-refractivity contribution >= 4 is 22.9 Å². The van der Waals surface area contributed by atoms with E-state index in [1.54, 1.807) is 23.5 Å². The molecule has 33 heavy (non-hydrogen) atoms. The van der Waals surface area contributed by atoms with E-state index in [9.17, 15) is 14.9 Å². The molecule has 0 unspecified atom stereocenters. The summed E-state index contributed by atoms with van der Waals surface area (Å²) in [5, 5.41) is 13.8. The van der Waals surface area contributed by atoms with Gasteiger partial charge in [-0.25, -0.2) is 0 Å². The van der Waals surface area contributed by atoms with Crippen LogP contribution in [0.3, 0.4) is 0 Å². The lowest BCUT2D eigenvalue weighted by Gasteiger charge is -2.35. The van der Waals surface area contributed by atoms with Gasteiger partial charge >= 0.3 is 5.69 Å². The van der Waals surface area contributed by atoms with Gasteiger partial charge in [-0.3, -0.25) is 14.9 Å².